The van der Waals surface area contributed by atoms with Crippen LogP contribution in [0.3, 0.4) is 0 Å². The summed E-state index contributed by atoms with van der Waals surface area (Å²) in [5.41, 5.74) is 2.79. The Bertz CT molecular complexity index is 747. The number of aromatic nitrogens is 1. The van der Waals surface area contributed by atoms with Crippen molar-refractivity contribution in [3.63, 3.8) is 0 Å². The third-order valence-corrected chi connectivity index (χ3v) is 3.71. The highest BCUT2D eigenvalue weighted by Crippen LogP contribution is 2.14. The number of hydrogen-bond donors (Lipinski definition) is 2. The van der Waals surface area contributed by atoms with E-state index < -0.39 is 0 Å². The highest BCUT2D eigenvalue weighted by Gasteiger charge is 2.06. The summed E-state index contributed by atoms with van der Waals surface area (Å²) < 4.78 is 1.03. The number of hydrogen-bond acceptors (Lipinski definition) is 1. The molecular formula is C16H13BrN2O. The van der Waals surface area contributed by atoms with Gasteiger partial charge in [0.15, 0.2) is 0 Å². The Morgan fingerprint density at radius 2 is 1.90 bits per heavy atom. The van der Waals surface area contributed by atoms with Gasteiger partial charge in [0.1, 0.15) is 0 Å². The molecule has 4 heteroatoms. The fraction of sp³-hybridized carbons (Fsp3) is 0.0625. The number of halogens is 1. The number of amides is 1. The number of fused-ring (bicyclic) bond motifs is 1. The van der Waals surface area contributed by atoms with Gasteiger partial charge in [-0.25, -0.2) is 0 Å². The minimum atomic E-state index is -0.0592. The van der Waals surface area contributed by atoms with E-state index in [0.29, 0.717) is 12.1 Å². The Hall–Kier alpha value is -2.07. The molecule has 0 spiro atoms. The number of nitrogens with one attached hydrogen (secondary N) is 2. The lowest BCUT2D eigenvalue weighted by Gasteiger charge is -2.06. The fourth-order valence-corrected chi connectivity index (χ4v) is 2.35. The lowest BCUT2D eigenvalue weighted by atomic mass is 10.1. The molecule has 0 fully saturated rings. The second-order valence-electron chi connectivity index (χ2n) is 4.59. The zero-order chi connectivity index (χ0) is 13.9. The predicted octanol–water partition coefficient (Wildman–Crippen LogP) is 3.86. The topological polar surface area (TPSA) is 44.9 Å². The van der Waals surface area contributed by atoms with Crippen LogP contribution in [0.25, 0.3) is 10.9 Å². The molecule has 1 aromatic heterocycles. The summed E-state index contributed by atoms with van der Waals surface area (Å²) in [5.74, 6) is -0.0592. The molecule has 0 unspecified atom stereocenters. The van der Waals surface area contributed by atoms with Crippen molar-refractivity contribution in [3.05, 3.63) is 70.3 Å². The molecule has 3 rings (SSSR count). The fourth-order valence-electron chi connectivity index (χ4n) is 2.08. The van der Waals surface area contributed by atoms with Crippen LogP contribution in [0.4, 0.5) is 0 Å². The maximum absolute atomic E-state index is 12.1. The van der Waals surface area contributed by atoms with Gasteiger partial charge in [0.25, 0.3) is 5.91 Å². The van der Waals surface area contributed by atoms with Crippen molar-refractivity contribution >= 4 is 32.7 Å². The van der Waals surface area contributed by atoms with Gasteiger partial charge in [0.05, 0.1) is 0 Å². The maximum Gasteiger partial charge on any atom is 0.251 e. The second-order valence-corrected chi connectivity index (χ2v) is 5.50. The average molecular weight is 329 g/mol. The van der Waals surface area contributed by atoms with E-state index in [4.69, 9.17) is 0 Å². The normalized spacial score (nSPS) is 10.7. The quantitative estimate of drug-likeness (QED) is 0.753. The van der Waals surface area contributed by atoms with Gasteiger partial charge in [0, 0.05) is 33.7 Å². The van der Waals surface area contributed by atoms with Gasteiger partial charge in [-0.05, 0) is 42.0 Å². The number of carbonyl (C=O) groups is 1. The molecule has 0 aliphatic carbocycles. The van der Waals surface area contributed by atoms with E-state index in [9.17, 15) is 4.79 Å². The minimum absolute atomic E-state index is 0.0592. The van der Waals surface area contributed by atoms with Crippen molar-refractivity contribution in [2.45, 2.75) is 6.54 Å². The van der Waals surface area contributed by atoms with Gasteiger partial charge in [-0.3, -0.25) is 4.79 Å². The van der Waals surface area contributed by atoms with Crippen LogP contribution >= 0.6 is 15.9 Å². The SMILES string of the molecule is O=C(NCc1ccc(Br)cc1)c1ccc2[nH]ccc2c1. The van der Waals surface area contributed by atoms with Crippen LogP contribution < -0.4 is 5.32 Å². The first-order valence-corrected chi connectivity index (χ1v) is 7.11. The van der Waals surface area contributed by atoms with Crippen molar-refractivity contribution in [2.24, 2.45) is 0 Å². The van der Waals surface area contributed by atoms with Gasteiger partial charge < -0.3 is 10.3 Å². The van der Waals surface area contributed by atoms with E-state index in [-0.39, 0.29) is 5.91 Å². The highest BCUT2D eigenvalue weighted by atomic mass is 79.9. The molecule has 0 radical (unpaired) electrons. The van der Waals surface area contributed by atoms with Crippen LogP contribution in [0, 0.1) is 0 Å². The van der Waals surface area contributed by atoms with Gasteiger partial charge in [0.2, 0.25) is 0 Å². The summed E-state index contributed by atoms with van der Waals surface area (Å²) in [7, 11) is 0. The molecule has 3 aromatic rings. The predicted molar refractivity (Wildman–Crippen MR) is 83.6 cm³/mol. The summed E-state index contributed by atoms with van der Waals surface area (Å²) in [6.45, 7) is 0.525. The lowest BCUT2D eigenvalue weighted by Crippen LogP contribution is -2.22. The number of benzene rings is 2. The number of H-pyrrole nitrogens is 1. The lowest BCUT2D eigenvalue weighted by molar-refractivity contribution is 0.0951. The third-order valence-electron chi connectivity index (χ3n) is 3.18. The van der Waals surface area contributed by atoms with Gasteiger partial charge in [-0.1, -0.05) is 28.1 Å². The molecule has 0 bridgehead atoms. The van der Waals surface area contributed by atoms with Crippen LogP contribution in [-0.4, -0.2) is 10.9 Å². The molecule has 20 heavy (non-hydrogen) atoms. The summed E-state index contributed by atoms with van der Waals surface area (Å²) >= 11 is 3.39. The van der Waals surface area contributed by atoms with E-state index in [1.165, 1.54) is 0 Å². The van der Waals surface area contributed by atoms with E-state index in [0.717, 1.165) is 20.9 Å². The first-order valence-electron chi connectivity index (χ1n) is 6.32. The largest absolute Gasteiger partial charge is 0.361 e. The minimum Gasteiger partial charge on any atom is -0.361 e. The summed E-state index contributed by atoms with van der Waals surface area (Å²) in [6, 6.07) is 15.5. The highest BCUT2D eigenvalue weighted by molar-refractivity contribution is 9.10. The number of carbonyl (C=O) groups excluding carboxylic acids is 1. The molecule has 3 nitrogen and oxygen atoms in total. The molecule has 2 N–H and O–H groups in total. The molecule has 1 amide bonds. The van der Waals surface area contributed by atoms with Crippen LogP contribution in [0.5, 0.6) is 0 Å². The Morgan fingerprint density at radius 1 is 1.10 bits per heavy atom. The van der Waals surface area contributed by atoms with Crippen molar-refractivity contribution in [1.82, 2.24) is 10.3 Å². The van der Waals surface area contributed by atoms with Crippen LogP contribution in [0.1, 0.15) is 15.9 Å². The Kier molecular flexibility index (Phi) is 3.56. The molecule has 2 aromatic carbocycles. The van der Waals surface area contributed by atoms with Crippen molar-refractivity contribution in [1.29, 1.82) is 0 Å². The van der Waals surface area contributed by atoms with E-state index in [2.05, 4.69) is 26.2 Å². The monoisotopic (exact) mass is 328 g/mol. The first-order chi connectivity index (χ1) is 9.72. The molecule has 0 saturated heterocycles. The van der Waals surface area contributed by atoms with Crippen molar-refractivity contribution < 1.29 is 4.79 Å². The van der Waals surface area contributed by atoms with Crippen molar-refractivity contribution in [2.75, 3.05) is 0 Å². The van der Waals surface area contributed by atoms with Gasteiger partial charge in [-0.15, -0.1) is 0 Å². The van der Waals surface area contributed by atoms with Crippen LogP contribution in [0.2, 0.25) is 0 Å². The smallest absolute Gasteiger partial charge is 0.251 e. The van der Waals surface area contributed by atoms with E-state index in [1.54, 1.807) is 0 Å². The number of rotatable bonds is 3. The van der Waals surface area contributed by atoms with Crippen LogP contribution in [-0.2, 0) is 6.54 Å². The molecule has 0 aliphatic rings. The Labute approximate surface area is 125 Å². The van der Waals surface area contributed by atoms with E-state index >= 15 is 0 Å². The summed E-state index contributed by atoms with van der Waals surface area (Å²) in [4.78, 5) is 15.2. The molecule has 1 heterocycles. The van der Waals surface area contributed by atoms with Crippen molar-refractivity contribution in [3.8, 4) is 0 Å². The third kappa shape index (κ3) is 2.75. The zero-order valence-electron chi connectivity index (χ0n) is 10.7. The van der Waals surface area contributed by atoms with Gasteiger partial charge in [-0.2, -0.15) is 0 Å². The zero-order valence-corrected chi connectivity index (χ0v) is 12.3. The molecular weight excluding hydrogens is 316 g/mol. The van der Waals surface area contributed by atoms with Crippen LogP contribution in [0.15, 0.2) is 59.2 Å². The van der Waals surface area contributed by atoms with E-state index in [1.807, 2.05) is 54.7 Å². The standard InChI is InChI=1S/C16H13BrN2O/c17-14-4-1-11(2-5-14)10-19-16(20)13-3-6-15-12(9-13)7-8-18-15/h1-9,18H,10H2,(H,19,20). The maximum atomic E-state index is 12.1. The summed E-state index contributed by atoms with van der Waals surface area (Å²) in [6.07, 6.45) is 1.87. The molecule has 0 aliphatic heterocycles. The molecule has 100 valence electrons. The average Bonchev–Trinajstić information content (AvgIpc) is 2.93. The first kappa shape index (κ1) is 12.9. The number of aromatic amines is 1. The van der Waals surface area contributed by atoms with Gasteiger partial charge >= 0.3 is 0 Å². The second kappa shape index (κ2) is 5.51. The Morgan fingerprint density at radius 3 is 2.70 bits per heavy atom. The summed E-state index contributed by atoms with van der Waals surface area (Å²) in [5, 5.41) is 3.97. The Balaban J connectivity index is 1.70. The molecule has 0 saturated carbocycles. The molecule has 0 atom stereocenters.